The molecule has 0 aromatic rings. The summed E-state index contributed by atoms with van der Waals surface area (Å²) in [6, 6.07) is 0. The Balaban J connectivity index is 2.67. The highest BCUT2D eigenvalue weighted by Crippen LogP contribution is 2.27. The van der Waals surface area contributed by atoms with Gasteiger partial charge in [0.1, 0.15) is 18.8 Å². The maximum atomic E-state index is 10.9. The zero-order valence-corrected chi connectivity index (χ0v) is 10.5. The molecule has 104 valence electrons. The maximum Gasteiger partial charge on any atom is 0.304 e. The third-order valence-electron chi connectivity index (χ3n) is 2.74. The van der Waals surface area contributed by atoms with Crippen LogP contribution in [0.1, 0.15) is 20.8 Å². The molecule has 0 aliphatic carbocycles. The molecule has 0 aromatic carbocycles. The number of rotatable bonds is 3. The Morgan fingerprint density at radius 1 is 1.17 bits per heavy atom. The van der Waals surface area contributed by atoms with Gasteiger partial charge in [-0.3, -0.25) is 9.59 Å². The van der Waals surface area contributed by atoms with Crippen molar-refractivity contribution in [2.45, 2.75) is 45.4 Å². The van der Waals surface area contributed by atoms with Crippen molar-refractivity contribution in [3.05, 3.63) is 0 Å². The smallest absolute Gasteiger partial charge is 0.304 e. The number of aliphatic hydroxyl groups is 2. The lowest BCUT2D eigenvalue weighted by molar-refractivity contribution is -0.274. The average molecular weight is 262 g/mol. The third kappa shape index (κ3) is 3.66. The monoisotopic (exact) mass is 262 g/mol. The quantitative estimate of drug-likeness (QED) is 0.641. The van der Waals surface area contributed by atoms with E-state index in [-0.39, 0.29) is 6.61 Å². The number of esters is 2. The molecular weight excluding hydrogens is 244 g/mol. The third-order valence-corrected chi connectivity index (χ3v) is 2.74. The van der Waals surface area contributed by atoms with E-state index in [1.807, 2.05) is 0 Å². The molecule has 5 unspecified atom stereocenters. The van der Waals surface area contributed by atoms with Gasteiger partial charge in [-0.05, 0) is 0 Å². The molecular formula is C11H18O7. The van der Waals surface area contributed by atoms with E-state index in [1.54, 1.807) is 6.92 Å². The molecule has 2 N–H and O–H groups in total. The lowest BCUT2D eigenvalue weighted by Crippen LogP contribution is -2.56. The molecule has 0 aromatic heterocycles. The molecule has 18 heavy (non-hydrogen) atoms. The standard InChI is InChI=1S/C11H18O7/c1-5-9(14)10(15)8(4-16-6(2)12)18-11(5)17-7(3)13/h5,8-11,14-15H,4H2,1-3H3. The van der Waals surface area contributed by atoms with E-state index >= 15 is 0 Å². The minimum Gasteiger partial charge on any atom is -0.463 e. The van der Waals surface area contributed by atoms with E-state index in [2.05, 4.69) is 0 Å². The van der Waals surface area contributed by atoms with Crippen molar-refractivity contribution in [1.82, 2.24) is 0 Å². The lowest BCUT2D eigenvalue weighted by Gasteiger charge is -2.40. The fourth-order valence-corrected chi connectivity index (χ4v) is 1.70. The van der Waals surface area contributed by atoms with Gasteiger partial charge in [-0.15, -0.1) is 0 Å². The summed E-state index contributed by atoms with van der Waals surface area (Å²) in [6.45, 7) is 3.81. The van der Waals surface area contributed by atoms with Crippen LogP contribution in [0.2, 0.25) is 0 Å². The normalized spacial score (nSPS) is 35.9. The van der Waals surface area contributed by atoms with Crippen molar-refractivity contribution >= 4 is 11.9 Å². The average Bonchev–Trinajstić information content (AvgIpc) is 2.27. The summed E-state index contributed by atoms with van der Waals surface area (Å²) in [5.74, 6) is -1.65. The first-order valence-corrected chi connectivity index (χ1v) is 5.65. The number of hydrogen-bond acceptors (Lipinski definition) is 7. The molecule has 1 aliphatic rings. The summed E-state index contributed by atoms with van der Waals surface area (Å²) in [6.07, 6.45) is -4.22. The maximum absolute atomic E-state index is 10.9. The molecule has 1 saturated heterocycles. The predicted molar refractivity (Wildman–Crippen MR) is 58.2 cm³/mol. The summed E-state index contributed by atoms with van der Waals surface area (Å²) in [5, 5.41) is 19.6. The van der Waals surface area contributed by atoms with E-state index < -0.39 is 42.5 Å². The highest BCUT2D eigenvalue weighted by molar-refractivity contribution is 5.66. The second kappa shape index (κ2) is 6.12. The van der Waals surface area contributed by atoms with Crippen molar-refractivity contribution < 1.29 is 34.0 Å². The van der Waals surface area contributed by atoms with E-state index in [4.69, 9.17) is 14.2 Å². The Morgan fingerprint density at radius 3 is 2.28 bits per heavy atom. The van der Waals surface area contributed by atoms with Crippen LogP contribution >= 0.6 is 0 Å². The first-order chi connectivity index (χ1) is 8.32. The Kier molecular flexibility index (Phi) is 5.06. The van der Waals surface area contributed by atoms with E-state index in [0.29, 0.717) is 0 Å². The van der Waals surface area contributed by atoms with Crippen LogP contribution in [0.25, 0.3) is 0 Å². The Hall–Kier alpha value is -1.18. The van der Waals surface area contributed by atoms with E-state index in [0.717, 1.165) is 0 Å². The summed E-state index contributed by atoms with van der Waals surface area (Å²) < 4.78 is 14.9. The van der Waals surface area contributed by atoms with Gasteiger partial charge < -0.3 is 24.4 Å². The van der Waals surface area contributed by atoms with Gasteiger partial charge in [0.05, 0.1) is 6.10 Å². The molecule has 7 heteroatoms. The van der Waals surface area contributed by atoms with Crippen LogP contribution in [-0.2, 0) is 23.8 Å². The van der Waals surface area contributed by atoms with Crippen molar-refractivity contribution in [3.63, 3.8) is 0 Å². The number of hydrogen-bond donors (Lipinski definition) is 2. The fourth-order valence-electron chi connectivity index (χ4n) is 1.70. The van der Waals surface area contributed by atoms with Crippen LogP contribution in [0.3, 0.4) is 0 Å². The Bertz CT molecular complexity index is 315. The van der Waals surface area contributed by atoms with Crippen LogP contribution in [0.5, 0.6) is 0 Å². The van der Waals surface area contributed by atoms with Crippen LogP contribution in [-0.4, -0.2) is 53.4 Å². The van der Waals surface area contributed by atoms with Gasteiger partial charge >= 0.3 is 11.9 Å². The molecule has 5 atom stereocenters. The Labute approximate surface area is 105 Å². The van der Waals surface area contributed by atoms with Crippen LogP contribution in [0, 0.1) is 5.92 Å². The van der Waals surface area contributed by atoms with Crippen molar-refractivity contribution in [3.8, 4) is 0 Å². The van der Waals surface area contributed by atoms with Gasteiger partial charge in [0.2, 0.25) is 6.29 Å². The first-order valence-electron chi connectivity index (χ1n) is 5.65. The molecule has 0 saturated carbocycles. The summed E-state index contributed by atoms with van der Waals surface area (Å²) in [7, 11) is 0. The molecule has 7 nitrogen and oxygen atoms in total. The molecule has 1 heterocycles. The van der Waals surface area contributed by atoms with E-state index in [1.165, 1.54) is 13.8 Å². The predicted octanol–water partition coefficient (Wildman–Crippen LogP) is -0.805. The number of carbonyl (C=O) groups excluding carboxylic acids is 2. The second-order valence-corrected chi connectivity index (χ2v) is 4.30. The number of aliphatic hydroxyl groups excluding tert-OH is 2. The molecule has 1 fully saturated rings. The minimum atomic E-state index is -1.20. The molecule has 1 aliphatic heterocycles. The largest absolute Gasteiger partial charge is 0.463 e. The topological polar surface area (TPSA) is 102 Å². The van der Waals surface area contributed by atoms with Gasteiger partial charge in [-0.25, -0.2) is 0 Å². The van der Waals surface area contributed by atoms with Gasteiger partial charge in [0.25, 0.3) is 0 Å². The molecule has 1 rings (SSSR count). The van der Waals surface area contributed by atoms with Crippen LogP contribution in [0.15, 0.2) is 0 Å². The second-order valence-electron chi connectivity index (χ2n) is 4.30. The molecule has 0 spiro atoms. The molecule has 0 amide bonds. The fraction of sp³-hybridized carbons (Fsp3) is 0.818. The van der Waals surface area contributed by atoms with Crippen molar-refractivity contribution in [2.75, 3.05) is 6.61 Å². The lowest BCUT2D eigenvalue weighted by atomic mass is 9.92. The highest BCUT2D eigenvalue weighted by Gasteiger charge is 2.44. The van der Waals surface area contributed by atoms with Crippen LogP contribution in [0.4, 0.5) is 0 Å². The Morgan fingerprint density at radius 2 is 1.78 bits per heavy atom. The highest BCUT2D eigenvalue weighted by atomic mass is 16.7. The zero-order chi connectivity index (χ0) is 13.9. The van der Waals surface area contributed by atoms with E-state index in [9.17, 15) is 19.8 Å². The zero-order valence-electron chi connectivity index (χ0n) is 10.5. The van der Waals surface area contributed by atoms with Crippen molar-refractivity contribution in [2.24, 2.45) is 5.92 Å². The molecule has 0 radical (unpaired) electrons. The summed E-state index contributed by atoms with van der Waals surface area (Å²) in [5.41, 5.74) is 0. The number of carbonyl (C=O) groups is 2. The van der Waals surface area contributed by atoms with Gasteiger partial charge in [-0.2, -0.15) is 0 Å². The van der Waals surface area contributed by atoms with Crippen LogP contribution < -0.4 is 0 Å². The summed E-state index contributed by atoms with van der Waals surface area (Å²) >= 11 is 0. The first kappa shape index (κ1) is 14.9. The molecule has 0 bridgehead atoms. The van der Waals surface area contributed by atoms with Crippen molar-refractivity contribution in [1.29, 1.82) is 0 Å². The van der Waals surface area contributed by atoms with Gasteiger partial charge in [0, 0.05) is 19.8 Å². The number of ether oxygens (including phenoxy) is 3. The van der Waals surface area contributed by atoms with Gasteiger partial charge in [-0.1, -0.05) is 6.92 Å². The SMILES string of the molecule is CC(=O)OCC1OC(OC(C)=O)C(C)C(O)C1O. The summed E-state index contributed by atoms with van der Waals surface area (Å²) in [4.78, 5) is 21.6. The van der Waals surface area contributed by atoms with Gasteiger partial charge in [0.15, 0.2) is 0 Å². The minimum absolute atomic E-state index is 0.210.